The van der Waals surface area contributed by atoms with Crippen molar-refractivity contribution in [1.82, 2.24) is 25.2 Å². The molecule has 0 unspecified atom stereocenters. The monoisotopic (exact) mass is 491 g/mol. The Morgan fingerprint density at radius 2 is 1.77 bits per heavy atom. The zero-order chi connectivity index (χ0) is 24.4. The lowest BCUT2D eigenvalue weighted by atomic mass is 10.1. The molecule has 0 radical (unpaired) electrons. The number of benzene rings is 2. The average Bonchev–Trinajstić information content (AvgIpc) is 2.87. The molecule has 4 aromatic rings. The van der Waals surface area contributed by atoms with Crippen LogP contribution in [-0.2, 0) is 6.54 Å². The molecule has 0 bridgehead atoms. The number of carbonyl (C=O) groups excluding carboxylic acids is 1. The van der Waals surface area contributed by atoms with E-state index in [9.17, 15) is 9.18 Å². The van der Waals surface area contributed by atoms with E-state index in [1.165, 1.54) is 12.1 Å². The highest BCUT2D eigenvalue weighted by atomic mass is 35.5. The first-order chi connectivity index (χ1) is 17.0. The zero-order valence-electron chi connectivity index (χ0n) is 18.8. The number of hydrogen-bond donors (Lipinski definition) is 2. The molecular formula is C25H23ClFN7O. The van der Waals surface area contributed by atoms with Crippen LogP contribution in [0, 0.1) is 5.82 Å². The Balaban J connectivity index is 1.31. The number of fused-ring (bicyclic) bond motifs is 1. The van der Waals surface area contributed by atoms with Gasteiger partial charge in [0.15, 0.2) is 5.82 Å². The van der Waals surface area contributed by atoms with Gasteiger partial charge in [-0.1, -0.05) is 23.7 Å². The van der Waals surface area contributed by atoms with E-state index in [0.29, 0.717) is 60.3 Å². The van der Waals surface area contributed by atoms with Crippen molar-refractivity contribution in [2.75, 3.05) is 36.8 Å². The lowest BCUT2D eigenvalue weighted by Crippen LogP contribution is -2.52. The summed E-state index contributed by atoms with van der Waals surface area (Å²) in [4.78, 5) is 30.0. The second kappa shape index (κ2) is 9.71. The first-order valence-corrected chi connectivity index (χ1v) is 11.6. The SMILES string of the molecule is Nc1nc(N2CCN(C(=O)NCc3cccc(Cl)c3)CC2)c2nc(-c3ccc(F)cc3)ccc2n1. The normalized spacial score (nSPS) is 13.8. The van der Waals surface area contributed by atoms with Crippen molar-refractivity contribution >= 4 is 40.4 Å². The second-order valence-corrected chi connectivity index (χ2v) is 8.68. The fourth-order valence-electron chi connectivity index (χ4n) is 4.08. The summed E-state index contributed by atoms with van der Waals surface area (Å²) < 4.78 is 13.3. The maximum absolute atomic E-state index is 13.3. The molecule has 0 spiro atoms. The van der Waals surface area contributed by atoms with Gasteiger partial charge in [0.05, 0.1) is 11.2 Å². The van der Waals surface area contributed by atoms with Gasteiger partial charge in [-0.2, -0.15) is 4.98 Å². The summed E-state index contributed by atoms with van der Waals surface area (Å²) in [5.74, 6) is 0.474. The number of pyridine rings is 1. The van der Waals surface area contributed by atoms with E-state index in [2.05, 4.69) is 20.2 Å². The quantitative estimate of drug-likeness (QED) is 0.446. The number of urea groups is 1. The molecule has 0 aliphatic carbocycles. The van der Waals surface area contributed by atoms with Gasteiger partial charge in [0, 0.05) is 43.3 Å². The van der Waals surface area contributed by atoms with E-state index < -0.39 is 0 Å². The molecule has 2 aromatic heterocycles. The lowest BCUT2D eigenvalue weighted by Gasteiger charge is -2.35. The van der Waals surface area contributed by atoms with Crippen molar-refractivity contribution in [2.24, 2.45) is 0 Å². The molecule has 8 nitrogen and oxygen atoms in total. The Morgan fingerprint density at radius 1 is 1.00 bits per heavy atom. The molecule has 0 saturated carbocycles. The van der Waals surface area contributed by atoms with Crippen molar-refractivity contribution in [1.29, 1.82) is 0 Å². The van der Waals surface area contributed by atoms with E-state index >= 15 is 0 Å². The van der Waals surface area contributed by atoms with Gasteiger partial charge in [-0.25, -0.2) is 19.2 Å². The van der Waals surface area contributed by atoms with E-state index in [1.54, 1.807) is 23.1 Å². The van der Waals surface area contributed by atoms with Gasteiger partial charge in [-0.05, 0) is 54.1 Å². The van der Waals surface area contributed by atoms with Crippen molar-refractivity contribution in [3.05, 3.63) is 77.1 Å². The number of carbonyl (C=O) groups is 1. The number of nitrogens with one attached hydrogen (secondary N) is 1. The van der Waals surface area contributed by atoms with Gasteiger partial charge in [-0.15, -0.1) is 0 Å². The number of aromatic nitrogens is 3. The van der Waals surface area contributed by atoms with Crippen LogP contribution in [0.25, 0.3) is 22.3 Å². The first kappa shape index (κ1) is 22.8. The number of hydrogen-bond acceptors (Lipinski definition) is 6. The van der Waals surface area contributed by atoms with Crippen LogP contribution < -0.4 is 16.0 Å². The van der Waals surface area contributed by atoms with Crippen LogP contribution in [0.15, 0.2) is 60.7 Å². The third kappa shape index (κ3) is 5.09. The highest BCUT2D eigenvalue weighted by Crippen LogP contribution is 2.27. The van der Waals surface area contributed by atoms with E-state index in [-0.39, 0.29) is 17.8 Å². The highest BCUT2D eigenvalue weighted by molar-refractivity contribution is 6.30. The Hall–Kier alpha value is -3.98. The van der Waals surface area contributed by atoms with Gasteiger partial charge in [0.1, 0.15) is 11.3 Å². The Labute approximate surface area is 206 Å². The van der Waals surface area contributed by atoms with E-state index in [0.717, 1.165) is 11.1 Å². The molecule has 178 valence electrons. The molecule has 1 aliphatic heterocycles. The summed E-state index contributed by atoms with van der Waals surface area (Å²) in [7, 11) is 0. The van der Waals surface area contributed by atoms with Crippen molar-refractivity contribution < 1.29 is 9.18 Å². The summed E-state index contributed by atoms with van der Waals surface area (Å²) in [5, 5.41) is 3.58. The number of nitrogens with zero attached hydrogens (tertiary/aromatic N) is 5. The minimum Gasteiger partial charge on any atom is -0.368 e. The van der Waals surface area contributed by atoms with Crippen LogP contribution in [0.5, 0.6) is 0 Å². The molecule has 3 N–H and O–H groups in total. The molecule has 1 saturated heterocycles. The molecular weight excluding hydrogens is 469 g/mol. The third-order valence-corrected chi connectivity index (χ3v) is 6.12. The molecule has 1 fully saturated rings. The summed E-state index contributed by atoms with van der Waals surface area (Å²) in [6.07, 6.45) is 0. The minimum atomic E-state index is -0.305. The van der Waals surface area contributed by atoms with Crippen LogP contribution in [0.2, 0.25) is 5.02 Å². The van der Waals surface area contributed by atoms with Gasteiger partial charge >= 0.3 is 6.03 Å². The molecule has 10 heteroatoms. The molecule has 2 aromatic carbocycles. The fourth-order valence-corrected chi connectivity index (χ4v) is 4.29. The second-order valence-electron chi connectivity index (χ2n) is 8.24. The van der Waals surface area contributed by atoms with Gasteiger partial charge in [-0.3, -0.25) is 0 Å². The first-order valence-electron chi connectivity index (χ1n) is 11.2. The standard InChI is InChI=1S/C25H23ClFN7O/c26-18-3-1-2-16(14-18)15-29-25(35)34-12-10-33(11-13-34)23-22-21(31-24(28)32-23)9-8-20(30-22)17-4-6-19(27)7-5-17/h1-9,14H,10-13,15H2,(H,29,35)(H2,28,31,32). The number of halogens is 2. The number of anilines is 2. The lowest BCUT2D eigenvalue weighted by molar-refractivity contribution is 0.194. The largest absolute Gasteiger partial charge is 0.368 e. The van der Waals surface area contributed by atoms with Crippen LogP contribution in [0.3, 0.4) is 0 Å². The molecule has 35 heavy (non-hydrogen) atoms. The maximum Gasteiger partial charge on any atom is 0.317 e. The third-order valence-electron chi connectivity index (χ3n) is 5.88. The van der Waals surface area contributed by atoms with Gasteiger partial charge in [0.2, 0.25) is 5.95 Å². The van der Waals surface area contributed by atoms with Gasteiger partial charge < -0.3 is 20.9 Å². The number of nitrogen functional groups attached to an aromatic ring is 1. The fraction of sp³-hybridized carbons (Fsp3) is 0.200. The smallest absolute Gasteiger partial charge is 0.317 e. The predicted molar refractivity (Wildman–Crippen MR) is 135 cm³/mol. The average molecular weight is 492 g/mol. The molecule has 5 rings (SSSR count). The summed E-state index contributed by atoms with van der Waals surface area (Å²) in [6.45, 7) is 2.58. The molecule has 2 amide bonds. The van der Waals surface area contributed by atoms with Crippen LogP contribution >= 0.6 is 11.6 Å². The van der Waals surface area contributed by atoms with Gasteiger partial charge in [0.25, 0.3) is 0 Å². The van der Waals surface area contributed by atoms with Crippen molar-refractivity contribution in [3.63, 3.8) is 0 Å². The summed E-state index contributed by atoms with van der Waals surface area (Å²) >= 11 is 6.02. The Morgan fingerprint density at radius 3 is 2.51 bits per heavy atom. The summed E-state index contributed by atoms with van der Waals surface area (Å²) in [6, 6.07) is 17.1. The van der Waals surface area contributed by atoms with Crippen LogP contribution in [0.4, 0.5) is 21.0 Å². The number of rotatable bonds is 4. The minimum absolute atomic E-state index is 0.131. The highest BCUT2D eigenvalue weighted by Gasteiger charge is 2.24. The van der Waals surface area contributed by atoms with E-state index in [1.807, 2.05) is 30.3 Å². The van der Waals surface area contributed by atoms with E-state index in [4.69, 9.17) is 22.3 Å². The van der Waals surface area contributed by atoms with Crippen LogP contribution in [-0.4, -0.2) is 52.1 Å². The van der Waals surface area contributed by atoms with Crippen molar-refractivity contribution in [3.8, 4) is 11.3 Å². The molecule has 0 atom stereocenters. The number of amides is 2. The maximum atomic E-state index is 13.3. The zero-order valence-corrected chi connectivity index (χ0v) is 19.5. The summed E-state index contributed by atoms with van der Waals surface area (Å²) in [5.41, 5.74) is 9.63. The molecule has 1 aliphatic rings. The van der Waals surface area contributed by atoms with Crippen LogP contribution in [0.1, 0.15) is 5.56 Å². The van der Waals surface area contributed by atoms with Crippen molar-refractivity contribution in [2.45, 2.75) is 6.54 Å². The number of nitrogens with two attached hydrogens (primary N) is 1. The Kier molecular flexibility index (Phi) is 6.33. The predicted octanol–water partition coefficient (Wildman–Crippen LogP) is 4.10. The topological polar surface area (TPSA) is 100 Å². The Bertz CT molecular complexity index is 1370. The molecule has 3 heterocycles. The number of piperazine rings is 1.